The Balaban J connectivity index is 1.80. The van der Waals surface area contributed by atoms with Crippen LogP contribution in [0, 0.1) is 5.92 Å². The zero-order valence-corrected chi connectivity index (χ0v) is 23.1. The van der Waals surface area contributed by atoms with E-state index in [-0.39, 0.29) is 27.0 Å². The average molecular weight is 566 g/mol. The monoisotopic (exact) mass is 565 g/mol. The van der Waals surface area contributed by atoms with Gasteiger partial charge in [-0.3, -0.25) is 0 Å². The molecule has 0 bridgehead atoms. The molecule has 0 saturated heterocycles. The van der Waals surface area contributed by atoms with Gasteiger partial charge >= 0.3 is 5.97 Å². The summed E-state index contributed by atoms with van der Waals surface area (Å²) >= 11 is 0. The van der Waals surface area contributed by atoms with Crippen LogP contribution < -0.4 is 0 Å². The number of carbonyl (C=O) groups excluding carboxylic acids is 1. The van der Waals surface area contributed by atoms with E-state index < -0.39 is 25.8 Å². The van der Waals surface area contributed by atoms with Crippen molar-refractivity contribution in [1.29, 1.82) is 0 Å². The molecule has 5 rings (SSSR count). The van der Waals surface area contributed by atoms with E-state index in [1.807, 2.05) is 6.08 Å². The number of esters is 1. The number of allylic oxidation sites excluding steroid dienone is 1. The Morgan fingerprint density at radius 2 is 1.64 bits per heavy atom. The van der Waals surface area contributed by atoms with Crippen LogP contribution in [0.15, 0.2) is 83.0 Å². The highest BCUT2D eigenvalue weighted by Gasteiger charge is 2.28. The van der Waals surface area contributed by atoms with E-state index in [4.69, 9.17) is 4.74 Å². The molecule has 3 heterocycles. The van der Waals surface area contributed by atoms with Crippen molar-refractivity contribution in [1.82, 2.24) is 13.9 Å². The molecule has 0 N–H and O–H groups in total. The summed E-state index contributed by atoms with van der Waals surface area (Å²) in [7, 11) is -6.39. The highest BCUT2D eigenvalue weighted by molar-refractivity contribution is 7.90. The molecule has 1 fully saturated rings. The zero-order valence-electron chi connectivity index (χ0n) is 21.4. The molecule has 39 heavy (non-hydrogen) atoms. The second kappa shape index (κ2) is 10.4. The van der Waals surface area contributed by atoms with Crippen LogP contribution in [-0.2, 0) is 24.6 Å². The lowest BCUT2D eigenvalue weighted by molar-refractivity contribution is 0.0600. The SMILES string of the molecule is COC(=O)c1cnc2c(c1)cc(/C(=C/C1CCCC1)c1ccc(S(C)(=O)=O)nc1)n2S(=O)(=O)c1ccccc1. The fourth-order valence-electron chi connectivity index (χ4n) is 4.88. The third kappa shape index (κ3) is 5.24. The first-order valence-electron chi connectivity index (χ1n) is 12.4. The predicted molar refractivity (Wildman–Crippen MR) is 146 cm³/mol. The lowest BCUT2D eigenvalue weighted by Crippen LogP contribution is -2.17. The number of methoxy groups -OCH3 is 1. The summed E-state index contributed by atoms with van der Waals surface area (Å²) in [6.07, 6.45) is 9.89. The molecule has 0 aliphatic heterocycles. The molecular formula is C28H27N3O6S2. The van der Waals surface area contributed by atoms with Crippen molar-refractivity contribution in [2.45, 2.75) is 35.6 Å². The maximum Gasteiger partial charge on any atom is 0.339 e. The van der Waals surface area contributed by atoms with Crippen LogP contribution in [0.1, 0.15) is 47.3 Å². The summed E-state index contributed by atoms with van der Waals surface area (Å²) < 4.78 is 58.2. The summed E-state index contributed by atoms with van der Waals surface area (Å²) in [5.74, 6) is -0.383. The van der Waals surface area contributed by atoms with Crippen LogP contribution in [0.25, 0.3) is 16.6 Å². The Morgan fingerprint density at radius 3 is 2.26 bits per heavy atom. The maximum absolute atomic E-state index is 14.1. The standard InChI is InChI=1S/C28H27N3O6S2/c1-37-28(32)22-15-21-16-25(31(27(21)30-18-22)39(35,36)23-10-4-3-5-11-23)24(14-19-8-6-7-9-19)20-12-13-26(29-17-20)38(2,33)34/h3-5,10-19H,6-9H2,1-2H3/b24-14+. The fraction of sp³-hybridized carbons (Fsp3) is 0.250. The minimum atomic E-state index is -4.13. The van der Waals surface area contributed by atoms with Gasteiger partial charge in [-0.1, -0.05) is 37.1 Å². The molecule has 202 valence electrons. The molecule has 0 unspecified atom stereocenters. The van der Waals surface area contributed by atoms with Crippen molar-refractivity contribution in [3.63, 3.8) is 0 Å². The van der Waals surface area contributed by atoms with Crippen molar-refractivity contribution < 1.29 is 26.4 Å². The van der Waals surface area contributed by atoms with E-state index in [0.29, 0.717) is 22.2 Å². The average Bonchev–Trinajstić information content (AvgIpc) is 3.59. The number of aromatic nitrogens is 3. The molecule has 0 atom stereocenters. The molecule has 1 aromatic carbocycles. The Labute approximate surface area is 227 Å². The Bertz CT molecular complexity index is 1790. The number of carbonyl (C=O) groups is 1. The van der Waals surface area contributed by atoms with E-state index in [1.54, 1.807) is 36.4 Å². The van der Waals surface area contributed by atoms with Gasteiger partial charge in [-0.15, -0.1) is 0 Å². The van der Waals surface area contributed by atoms with Gasteiger partial charge in [0, 0.05) is 35.2 Å². The minimum Gasteiger partial charge on any atom is -0.465 e. The van der Waals surface area contributed by atoms with Crippen molar-refractivity contribution in [3.8, 4) is 0 Å². The van der Waals surface area contributed by atoms with E-state index in [9.17, 15) is 21.6 Å². The third-order valence-corrected chi connectivity index (χ3v) is 9.53. The van der Waals surface area contributed by atoms with Crippen LogP contribution >= 0.6 is 0 Å². The number of nitrogens with zero attached hydrogens (tertiary/aromatic N) is 3. The van der Waals surface area contributed by atoms with E-state index >= 15 is 0 Å². The van der Waals surface area contributed by atoms with Gasteiger partial charge in [0.15, 0.2) is 20.5 Å². The first kappa shape index (κ1) is 26.8. The van der Waals surface area contributed by atoms with E-state index in [0.717, 1.165) is 31.9 Å². The normalized spacial score (nSPS) is 15.1. The van der Waals surface area contributed by atoms with Crippen molar-refractivity contribution in [2.24, 2.45) is 5.92 Å². The summed E-state index contributed by atoms with van der Waals surface area (Å²) in [4.78, 5) is 20.8. The number of fused-ring (bicyclic) bond motifs is 1. The number of sulfone groups is 1. The van der Waals surface area contributed by atoms with Gasteiger partial charge in [0.05, 0.1) is 23.3 Å². The number of rotatable bonds is 7. The number of benzene rings is 1. The van der Waals surface area contributed by atoms with E-state index in [1.165, 1.54) is 41.7 Å². The zero-order chi connectivity index (χ0) is 27.8. The highest BCUT2D eigenvalue weighted by Crippen LogP contribution is 2.36. The number of pyridine rings is 2. The van der Waals surface area contributed by atoms with Crippen molar-refractivity contribution in [2.75, 3.05) is 13.4 Å². The Kier molecular flexibility index (Phi) is 7.13. The van der Waals surface area contributed by atoms with E-state index in [2.05, 4.69) is 9.97 Å². The van der Waals surface area contributed by atoms with Gasteiger partial charge in [-0.25, -0.2) is 35.6 Å². The third-order valence-electron chi connectivity index (χ3n) is 6.81. The molecule has 3 aromatic heterocycles. The van der Waals surface area contributed by atoms with Gasteiger partial charge in [0.1, 0.15) is 0 Å². The largest absolute Gasteiger partial charge is 0.465 e. The molecule has 0 radical (unpaired) electrons. The summed E-state index contributed by atoms with van der Waals surface area (Å²) in [6, 6.07) is 14.3. The van der Waals surface area contributed by atoms with Gasteiger partial charge in [0.2, 0.25) is 0 Å². The van der Waals surface area contributed by atoms with Crippen LogP contribution in [0.2, 0.25) is 0 Å². The Hall–Kier alpha value is -3.83. The van der Waals surface area contributed by atoms with Crippen LogP contribution in [0.4, 0.5) is 0 Å². The maximum atomic E-state index is 14.1. The Morgan fingerprint density at radius 1 is 0.949 bits per heavy atom. The molecule has 1 aliphatic rings. The van der Waals surface area contributed by atoms with Gasteiger partial charge in [-0.05, 0) is 55.2 Å². The smallest absolute Gasteiger partial charge is 0.339 e. The fourth-order valence-corrected chi connectivity index (χ4v) is 6.94. The summed E-state index contributed by atoms with van der Waals surface area (Å²) in [6.45, 7) is 0. The second-order valence-corrected chi connectivity index (χ2v) is 13.3. The summed E-state index contributed by atoms with van der Waals surface area (Å²) in [5, 5.41) is 0.360. The van der Waals surface area contributed by atoms with Crippen molar-refractivity contribution in [3.05, 3.63) is 89.9 Å². The lowest BCUT2D eigenvalue weighted by atomic mass is 9.97. The molecule has 0 amide bonds. The van der Waals surface area contributed by atoms with Gasteiger partial charge < -0.3 is 4.74 Å². The number of ether oxygens (including phenoxy) is 1. The second-order valence-electron chi connectivity index (χ2n) is 9.52. The van der Waals surface area contributed by atoms with Crippen LogP contribution in [-0.4, -0.2) is 50.1 Å². The molecular weight excluding hydrogens is 538 g/mol. The highest BCUT2D eigenvalue weighted by atomic mass is 32.2. The molecule has 9 nitrogen and oxygen atoms in total. The lowest BCUT2D eigenvalue weighted by Gasteiger charge is -2.16. The van der Waals surface area contributed by atoms with Gasteiger partial charge in [-0.2, -0.15) is 0 Å². The van der Waals surface area contributed by atoms with Gasteiger partial charge in [0.25, 0.3) is 10.0 Å². The first-order chi connectivity index (χ1) is 18.6. The number of hydrogen-bond donors (Lipinski definition) is 0. The van der Waals surface area contributed by atoms with Crippen LogP contribution in [0.5, 0.6) is 0 Å². The topological polar surface area (TPSA) is 125 Å². The molecule has 11 heteroatoms. The molecule has 1 aliphatic carbocycles. The minimum absolute atomic E-state index is 0.0756. The van der Waals surface area contributed by atoms with Crippen LogP contribution in [0.3, 0.4) is 0 Å². The summed E-state index contributed by atoms with van der Waals surface area (Å²) in [5.41, 5.74) is 1.83. The predicted octanol–water partition coefficient (Wildman–Crippen LogP) is 4.48. The molecule has 0 spiro atoms. The number of hydrogen-bond acceptors (Lipinski definition) is 8. The van der Waals surface area contributed by atoms with Crippen molar-refractivity contribution >= 4 is 42.4 Å². The first-order valence-corrected chi connectivity index (χ1v) is 15.7. The molecule has 4 aromatic rings. The quantitative estimate of drug-likeness (QED) is 0.300. The molecule has 1 saturated carbocycles.